The fraction of sp³-hybridized carbons (Fsp3) is 0.412. The van der Waals surface area contributed by atoms with Crippen LogP contribution < -0.4 is 10.2 Å². The molecule has 0 saturated heterocycles. The van der Waals surface area contributed by atoms with Crippen molar-refractivity contribution in [3.8, 4) is 0 Å². The van der Waals surface area contributed by atoms with E-state index >= 15 is 0 Å². The van der Waals surface area contributed by atoms with E-state index in [4.69, 9.17) is 4.74 Å². The number of ketones is 1. The van der Waals surface area contributed by atoms with E-state index in [-0.39, 0.29) is 17.5 Å². The number of carbonyl (C=O) groups is 4. The maximum Gasteiger partial charge on any atom is 0.326 e. The number of hydrogen-bond acceptors (Lipinski definition) is 5. The van der Waals surface area contributed by atoms with E-state index in [9.17, 15) is 19.2 Å². The molecule has 128 valence electrons. The van der Waals surface area contributed by atoms with E-state index in [2.05, 4.69) is 5.32 Å². The molecule has 7 nitrogen and oxygen atoms in total. The molecule has 1 N–H and O–H groups in total. The van der Waals surface area contributed by atoms with E-state index in [0.717, 1.165) is 4.90 Å². The maximum absolute atomic E-state index is 11.9. The number of rotatable bonds is 6. The highest BCUT2D eigenvalue weighted by Gasteiger charge is 2.36. The van der Waals surface area contributed by atoms with Gasteiger partial charge in [0.2, 0.25) is 0 Å². The number of benzene rings is 1. The summed E-state index contributed by atoms with van der Waals surface area (Å²) in [6.07, 6.45) is 0. The third-order valence-electron chi connectivity index (χ3n) is 3.92. The second-order valence-electron chi connectivity index (χ2n) is 6.00. The largest absolute Gasteiger partial charge is 0.454 e. The van der Waals surface area contributed by atoms with Crippen LogP contribution in [0.5, 0.6) is 0 Å². The molecule has 0 aromatic heterocycles. The minimum atomic E-state index is -0.772. The van der Waals surface area contributed by atoms with Crippen LogP contribution in [0.4, 0.5) is 5.69 Å². The Bertz CT molecular complexity index is 683. The zero-order valence-corrected chi connectivity index (χ0v) is 13.9. The first-order valence-electron chi connectivity index (χ1n) is 7.71. The third kappa shape index (κ3) is 3.79. The summed E-state index contributed by atoms with van der Waals surface area (Å²) in [5, 5.41) is 2.71. The van der Waals surface area contributed by atoms with Crippen LogP contribution in [0.2, 0.25) is 0 Å². The van der Waals surface area contributed by atoms with Gasteiger partial charge in [-0.15, -0.1) is 0 Å². The summed E-state index contributed by atoms with van der Waals surface area (Å²) in [7, 11) is 0. The van der Waals surface area contributed by atoms with Crippen molar-refractivity contribution in [2.24, 2.45) is 5.92 Å². The van der Waals surface area contributed by atoms with Crippen molar-refractivity contribution >= 4 is 29.3 Å². The molecule has 0 spiro atoms. The van der Waals surface area contributed by atoms with Crippen molar-refractivity contribution in [1.29, 1.82) is 0 Å². The molecule has 0 saturated carbocycles. The van der Waals surface area contributed by atoms with Crippen LogP contribution in [0.25, 0.3) is 0 Å². The number of Topliss-reactive ketones (excluding diaryl/α,β-unsaturated/α-hetero) is 1. The van der Waals surface area contributed by atoms with E-state index in [0.29, 0.717) is 5.69 Å². The van der Waals surface area contributed by atoms with Gasteiger partial charge in [0.1, 0.15) is 6.54 Å². The number of nitrogens with zero attached hydrogens (tertiary/aromatic N) is 1. The Hall–Kier alpha value is -2.70. The van der Waals surface area contributed by atoms with Gasteiger partial charge < -0.3 is 10.1 Å². The van der Waals surface area contributed by atoms with Crippen LogP contribution in [-0.4, -0.2) is 42.8 Å². The van der Waals surface area contributed by atoms with Gasteiger partial charge >= 0.3 is 5.97 Å². The molecule has 2 rings (SSSR count). The highest BCUT2D eigenvalue weighted by Crippen LogP contribution is 2.28. The average molecular weight is 332 g/mol. The predicted molar refractivity (Wildman–Crippen MR) is 86.5 cm³/mol. The van der Waals surface area contributed by atoms with Crippen LogP contribution >= 0.6 is 0 Å². The lowest BCUT2D eigenvalue weighted by Crippen LogP contribution is -2.40. The van der Waals surface area contributed by atoms with Crippen molar-refractivity contribution in [1.82, 2.24) is 5.32 Å². The van der Waals surface area contributed by atoms with Gasteiger partial charge in [0, 0.05) is 6.04 Å². The van der Waals surface area contributed by atoms with E-state index in [1.54, 1.807) is 18.2 Å². The number of amides is 2. The topological polar surface area (TPSA) is 92.8 Å². The summed E-state index contributed by atoms with van der Waals surface area (Å²) >= 11 is 0. The minimum absolute atomic E-state index is 0.0409. The number of carbonyl (C=O) groups excluding carboxylic acids is 4. The van der Waals surface area contributed by atoms with Crippen molar-refractivity contribution in [2.45, 2.75) is 26.8 Å². The summed E-state index contributed by atoms with van der Waals surface area (Å²) in [5.41, 5.74) is 0.640. The Kier molecular flexibility index (Phi) is 5.33. The highest BCUT2D eigenvalue weighted by molar-refractivity contribution is 6.52. The van der Waals surface area contributed by atoms with Crippen LogP contribution in [0.15, 0.2) is 24.3 Å². The Balaban J connectivity index is 1.90. The molecular weight excluding hydrogens is 312 g/mol. The smallest absolute Gasteiger partial charge is 0.326 e. The molecule has 1 aliphatic heterocycles. The fourth-order valence-corrected chi connectivity index (χ4v) is 2.19. The molecule has 1 aliphatic rings. The van der Waals surface area contributed by atoms with Crippen LogP contribution in [0, 0.1) is 5.92 Å². The molecule has 2 amide bonds. The predicted octanol–water partition coefficient (Wildman–Crippen LogP) is 0.920. The van der Waals surface area contributed by atoms with Crippen LogP contribution in [0.3, 0.4) is 0 Å². The lowest BCUT2D eigenvalue weighted by Gasteiger charge is -2.18. The van der Waals surface area contributed by atoms with Crippen molar-refractivity contribution < 1.29 is 23.9 Å². The molecule has 0 aliphatic carbocycles. The van der Waals surface area contributed by atoms with E-state index in [1.807, 2.05) is 20.8 Å². The Morgan fingerprint density at radius 2 is 1.83 bits per heavy atom. The van der Waals surface area contributed by atoms with Gasteiger partial charge in [-0.1, -0.05) is 26.0 Å². The number of fused-ring (bicyclic) bond motifs is 1. The summed E-state index contributed by atoms with van der Waals surface area (Å²) in [5.74, 6) is -2.32. The second kappa shape index (κ2) is 7.25. The molecule has 1 atom stereocenters. The quantitative estimate of drug-likeness (QED) is 0.618. The summed E-state index contributed by atoms with van der Waals surface area (Å²) in [4.78, 5) is 48.4. The standard InChI is InChI=1S/C17H20N2O5/c1-10(2)11(3)18-14(20)9-24-15(21)8-19-13-7-5-4-6-12(13)16(22)17(19)23/h4-7,10-11H,8-9H2,1-3H3,(H,18,20)/t11-/m0/s1. The van der Waals surface area contributed by atoms with Crippen molar-refractivity contribution in [3.63, 3.8) is 0 Å². The summed E-state index contributed by atoms with van der Waals surface area (Å²) < 4.78 is 4.89. The number of esters is 1. The molecule has 1 aromatic rings. The first kappa shape index (κ1) is 17.7. The van der Waals surface area contributed by atoms with Gasteiger partial charge in [-0.05, 0) is 25.0 Å². The molecule has 1 heterocycles. The monoisotopic (exact) mass is 332 g/mol. The van der Waals surface area contributed by atoms with Gasteiger partial charge in [-0.3, -0.25) is 24.1 Å². The molecule has 0 bridgehead atoms. The summed E-state index contributed by atoms with van der Waals surface area (Å²) in [6.45, 7) is 4.95. The van der Waals surface area contributed by atoms with Crippen molar-refractivity contribution in [2.75, 3.05) is 18.1 Å². The second-order valence-corrected chi connectivity index (χ2v) is 6.00. The zero-order chi connectivity index (χ0) is 17.9. The average Bonchev–Trinajstić information content (AvgIpc) is 2.78. The number of para-hydroxylation sites is 1. The van der Waals surface area contributed by atoms with Gasteiger partial charge in [-0.2, -0.15) is 0 Å². The Labute approximate surface area is 140 Å². The van der Waals surface area contributed by atoms with Crippen molar-refractivity contribution in [3.05, 3.63) is 29.8 Å². The van der Waals surface area contributed by atoms with Gasteiger partial charge in [0.15, 0.2) is 6.61 Å². The Morgan fingerprint density at radius 1 is 1.17 bits per heavy atom. The first-order chi connectivity index (χ1) is 11.3. The first-order valence-corrected chi connectivity index (χ1v) is 7.71. The van der Waals surface area contributed by atoms with Gasteiger partial charge in [-0.25, -0.2) is 0 Å². The normalized spacial score (nSPS) is 14.6. The molecule has 24 heavy (non-hydrogen) atoms. The van der Waals surface area contributed by atoms with Gasteiger partial charge in [0.25, 0.3) is 17.6 Å². The number of hydrogen-bond donors (Lipinski definition) is 1. The van der Waals surface area contributed by atoms with E-state index in [1.165, 1.54) is 6.07 Å². The molecular formula is C17H20N2O5. The zero-order valence-electron chi connectivity index (χ0n) is 13.9. The maximum atomic E-state index is 11.9. The molecule has 0 fully saturated rings. The molecule has 1 aromatic carbocycles. The Morgan fingerprint density at radius 3 is 2.50 bits per heavy atom. The number of ether oxygens (including phenoxy) is 1. The van der Waals surface area contributed by atoms with E-state index < -0.39 is 36.7 Å². The lowest BCUT2D eigenvalue weighted by molar-refractivity contribution is -0.147. The number of nitrogens with one attached hydrogen (secondary N) is 1. The van der Waals surface area contributed by atoms with Gasteiger partial charge in [0.05, 0.1) is 11.3 Å². The minimum Gasteiger partial charge on any atom is -0.454 e. The lowest BCUT2D eigenvalue weighted by atomic mass is 10.1. The third-order valence-corrected chi connectivity index (χ3v) is 3.92. The fourth-order valence-electron chi connectivity index (χ4n) is 2.19. The van der Waals surface area contributed by atoms with Crippen LogP contribution in [-0.2, 0) is 19.1 Å². The van der Waals surface area contributed by atoms with Crippen LogP contribution in [0.1, 0.15) is 31.1 Å². The highest BCUT2D eigenvalue weighted by atomic mass is 16.5. The molecule has 0 radical (unpaired) electrons. The summed E-state index contributed by atoms with van der Waals surface area (Å²) in [6, 6.07) is 6.39. The molecule has 7 heteroatoms. The SMILES string of the molecule is CC(C)[C@H](C)NC(=O)COC(=O)CN1C(=O)C(=O)c2ccccc21. The number of anilines is 1. The molecule has 0 unspecified atom stereocenters.